The van der Waals surface area contributed by atoms with Crippen LogP contribution < -0.4 is 5.32 Å². The molecule has 0 spiro atoms. The number of hydrogen-bond donors (Lipinski definition) is 3. The predicted octanol–water partition coefficient (Wildman–Crippen LogP) is 1.88. The zero-order valence-corrected chi connectivity index (χ0v) is 11.6. The largest absolute Gasteiger partial charge is 0.480 e. The van der Waals surface area contributed by atoms with E-state index >= 15 is 0 Å². The van der Waals surface area contributed by atoms with Crippen LogP contribution in [0.2, 0.25) is 0 Å². The quantitative estimate of drug-likeness (QED) is 0.736. The van der Waals surface area contributed by atoms with Gasteiger partial charge < -0.3 is 10.4 Å². The van der Waals surface area contributed by atoms with Gasteiger partial charge in [-0.15, -0.1) is 0 Å². The smallest absolute Gasteiger partial charge is 0.327 e. The van der Waals surface area contributed by atoms with E-state index in [1.54, 1.807) is 0 Å². The summed E-state index contributed by atoms with van der Waals surface area (Å²) in [4.78, 5) is 22.8. The van der Waals surface area contributed by atoms with E-state index in [0.717, 1.165) is 16.3 Å². The molecule has 1 atom stereocenters. The number of fused-ring (bicyclic) bond motifs is 1. The fourth-order valence-electron chi connectivity index (χ4n) is 2.05. The molecule has 20 heavy (non-hydrogen) atoms. The predicted molar refractivity (Wildman–Crippen MR) is 81.1 cm³/mol. The molecule has 0 bridgehead atoms. The normalized spacial score (nSPS) is 12.1. The highest BCUT2D eigenvalue weighted by atomic mass is 32.1. The Morgan fingerprint density at radius 1 is 1.15 bits per heavy atom. The molecule has 0 unspecified atom stereocenters. The van der Waals surface area contributed by atoms with Gasteiger partial charge in [0.2, 0.25) is 5.91 Å². The van der Waals surface area contributed by atoms with Gasteiger partial charge in [-0.25, -0.2) is 4.79 Å². The lowest BCUT2D eigenvalue weighted by Gasteiger charge is -2.12. The molecule has 2 aromatic carbocycles. The summed E-state index contributed by atoms with van der Waals surface area (Å²) in [5.74, 6) is -1.33. The fraction of sp³-hybridized carbons (Fsp3) is 0.200. The monoisotopic (exact) mass is 289 g/mol. The zero-order valence-electron chi connectivity index (χ0n) is 10.7. The van der Waals surface area contributed by atoms with Gasteiger partial charge in [0.05, 0.1) is 6.42 Å². The average Bonchev–Trinajstić information content (AvgIpc) is 2.45. The van der Waals surface area contributed by atoms with E-state index in [1.807, 2.05) is 42.5 Å². The molecule has 0 fully saturated rings. The van der Waals surface area contributed by atoms with Gasteiger partial charge in [-0.1, -0.05) is 42.5 Å². The minimum absolute atomic E-state index is 0.0661. The van der Waals surface area contributed by atoms with E-state index in [1.165, 1.54) is 0 Å². The Morgan fingerprint density at radius 3 is 2.55 bits per heavy atom. The maximum Gasteiger partial charge on any atom is 0.327 e. The third-order valence-electron chi connectivity index (χ3n) is 3.05. The third-order valence-corrected chi connectivity index (χ3v) is 3.41. The molecule has 2 N–H and O–H groups in total. The van der Waals surface area contributed by atoms with Crippen LogP contribution in [0.3, 0.4) is 0 Å². The number of hydrogen-bond acceptors (Lipinski definition) is 3. The van der Waals surface area contributed by atoms with Gasteiger partial charge >= 0.3 is 5.97 Å². The van der Waals surface area contributed by atoms with Gasteiger partial charge in [-0.3, -0.25) is 4.79 Å². The van der Waals surface area contributed by atoms with Crippen molar-refractivity contribution >= 4 is 35.3 Å². The molecule has 2 rings (SSSR count). The molecule has 0 aliphatic rings. The summed E-state index contributed by atoms with van der Waals surface area (Å²) in [6.45, 7) is 0. The number of amides is 1. The first-order valence-corrected chi connectivity index (χ1v) is 6.84. The van der Waals surface area contributed by atoms with Gasteiger partial charge in [-0.2, -0.15) is 12.6 Å². The second-order valence-corrected chi connectivity index (χ2v) is 4.82. The molecule has 0 aromatic heterocycles. The summed E-state index contributed by atoms with van der Waals surface area (Å²) in [5.41, 5.74) is 0.879. The van der Waals surface area contributed by atoms with Gasteiger partial charge in [0.1, 0.15) is 6.04 Å². The van der Waals surface area contributed by atoms with Crippen LogP contribution in [-0.4, -0.2) is 28.8 Å². The number of nitrogens with one attached hydrogen (secondary N) is 1. The van der Waals surface area contributed by atoms with Crippen LogP contribution >= 0.6 is 12.6 Å². The first-order valence-electron chi connectivity index (χ1n) is 6.21. The Morgan fingerprint density at radius 2 is 1.85 bits per heavy atom. The van der Waals surface area contributed by atoms with Gasteiger partial charge in [-0.05, 0) is 16.3 Å². The van der Waals surface area contributed by atoms with E-state index in [2.05, 4.69) is 17.9 Å². The molecule has 1 amide bonds. The average molecular weight is 289 g/mol. The van der Waals surface area contributed by atoms with E-state index in [9.17, 15) is 9.59 Å². The standard InChI is InChI=1S/C15H15NO3S/c17-14(16-13(9-20)15(18)19)8-11-6-3-5-10-4-1-2-7-12(10)11/h1-7,13,20H,8-9H2,(H,16,17)(H,18,19)/t13-/m0/s1. The van der Waals surface area contributed by atoms with Crippen LogP contribution in [0.15, 0.2) is 42.5 Å². The van der Waals surface area contributed by atoms with Crippen molar-refractivity contribution in [3.63, 3.8) is 0 Å². The summed E-state index contributed by atoms with van der Waals surface area (Å²) in [6, 6.07) is 12.6. The second kappa shape index (κ2) is 6.43. The molecule has 5 heteroatoms. The molecular weight excluding hydrogens is 274 g/mol. The molecular formula is C15H15NO3S. The van der Waals surface area contributed by atoms with Crippen molar-refractivity contribution in [2.24, 2.45) is 0 Å². The molecule has 0 heterocycles. The zero-order chi connectivity index (χ0) is 14.5. The van der Waals surface area contributed by atoms with Crippen LogP contribution in [0, 0.1) is 0 Å². The molecule has 104 valence electrons. The molecule has 0 aliphatic carbocycles. The number of carbonyl (C=O) groups is 2. The molecule has 2 aromatic rings. The van der Waals surface area contributed by atoms with Crippen molar-refractivity contribution < 1.29 is 14.7 Å². The number of carboxylic acid groups (broad SMARTS) is 1. The number of thiol groups is 1. The number of rotatable bonds is 5. The Labute approximate surface area is 122 Å². The van der Waals surface area contributed by atoms with Gasteiger partial charge in [0, 0.05) is 5.75 Å². The van der Waals surface area contributed by atoms with E-state index in [-0.39, 0.29) is 18.1 Å². The van der Waals surface area contributed by atoms with Crippen LogP contribution in [-0.2, 0) is 16.0 Å². The van der Waals surface area contributed by atoms with Crippen LogP contribution in [0.25, 0.3) is 10.8 Å². The molecule has 0 radical (unpaired) electrons. The van der Waals surface area contributed by atoms with E-state index < -0.39 is 12.0 Å². The summed E-state index contributed by atoms with van der Waals surface area (Å²) < 4.78 is 0. The summed E-state index contributed by atoms with van der Waals surface area (Å²) in [5, 5.41) is 13.4. The third kappa shape index (κ3) is 3.30. The Kier molecular flexibility index (Phi) is 4.63. The highest BCUT2D eigenvalue weighted by Crippen LogP contribution is 2.18. The van der Waals surface area contributed by atoms with Gasteiger partial charge in [0.15, 0.2) is 0 Å². The number of carboxylic acids is 1. The highest BCUT2D eigenvalue weighted by Gasteiger charge is 2.18. The SMILES string of the molecule is O=C(Cc1cccc2ccccc12)N[C@@H](CS)C(=O)O. The Hall–Kier alpha value is -2.01. The first kappa shape index (κ1) is 14.4. The van der Waals surface area contributed by atoms with Crippen molar-refractivity contribution in [1.82, 2.24) is 5.32 Å². The van der Waals surface area contributed by atoms with E-state index in [4.69, 9.17) is 5.11 Å². The van der Waals surface area contributed by atoms with Crippen molar-refractivity contribution in [3.8, 4) is 0 Å². The summed E-state index contributed by atoms with van der Waals surface area (Å²) in [6.07, 6.45) is 0.152. The van der Waals surface area contributed by atoms with Gasteiger partial charge in [0.25, 0.3) is 0 Å². The maximum atomic E-state index is 11.9. The summed E-state index contributed by atoms with van der Waals surface area (Å²) >= 11 is 3.92. The minimum atomic E-state index is -1.08. The lowest BCUT2D eigenvalue weighted by atomic mass is 10.0. The molecule has 0 aliphatic heterocycles. The fourth-order valence-corrected chi connectivity index (χ4v) is 2.30. The van der Waals surface area contributed by atoms with Crippen molar-refractivity contribution in [2.45, 2.75) is 12.5 Å². The van der Waals surface area contributed by atoms with Crippen molar-refractivity contribution in [2.75, 3.05) is 5.75 Å². The highest BCUT2D eigenvalue weighted by molar-refractivity contribution is 7.80. The molecule has 0 saturated carbocycles. The minimum Gasteiger partial charge on any atom is -0.480 e. The lowest BCUT2D eigenvalue weighted by Crippen LogP contribution is -2.42. The first-order chi connectivity index (χ1) is 9.61. The number of aliphatic carboxylic acids is 1. The second-order valence-electron chi connectivity index (χ2n) is 4.46. The molecule has 4 nitrogen and oxygen atoms in total. The Balaban J connectivity index is 2.16. The topological polar surface area (TPSA) is 66.4 Å². The van der Waals surface area contributed by atoms with E-state index in [0.29, 0.717) is 0 Å². The molecule has 0 saturated heterocycles. The summed E-state index contributed by atoms with van der Waals surface area (Å²) in [7, 11) is 0. The maximum absolute atomic E-state index is 11.9. The van der Waals surface area contributed by atoms with Crippen LogP contribution in [0.4, 0.5) is 0 Å². The lowest BCUT2D eigenvalue weighted by molar-refractivity contribution is -0.141. The van der Waals surface area contributed by atoms with Crippen LogP contribution in [0.1, 0.15) is 5.56 Å². The Bertz CT molecular complexity index is 637. The van der Waals surface area contributed by atoms with Crippen LogP contribution in [0.5, 0.6) is 0 Å². The van der Waals surface area contributed by atoms with Crippen molar-refractivity contribution in [1.29, 1.82) is 0 Å². The van der Waals surface area contributed by atoms with Crippen molar-refractivity contribution in [3.05, 3.63) is 48.0 Å². The number of carbonyl (C=O) groups excluding carboxylic acids is 1. The number of benzene rings is 2.